The van der Waals surface area contributed by atoms with Gasteiger partial charge >= 0.3 is 0 Å². The average Bonchev–Trinajstić information content (AvgIpc) is 3.13. The van der Waals surface area contributed by atoms with Gasteiger partial charge in [0.05, 0.1) is 24.7 Å². The molecule has 1 N–H and O–H groups in total. The van der Waals surface area contributed by atoms with Gasteiger partial charge in [-0.05, 0) is 30.4 Å². The average molecular weight is 444 g/mol. The number of carbonyl (C=O) groups is 1. The summed E-state index contributed by atoms with van der Waals surface area (Å²) in [6, 6.07) is 20.2. The summed E-state index contributed by atoms with van der Waals surface area (Å²) >= 11 is 7.00. The topological polar surface area (TPSA) is 49.8 Å². The van der Waals surface area contributed by atoms with Crippen molar-refractivity contribution >= 4 is 34.2 Å². The molecule has 2 aromatic carbocycles. The molecular formula is C24H29NO3S2. The van der Waals surface area contributed by atoms with Gasteiger partial charge in [-0.15, -0.1) is 0 Å². The normalized spacial score (nSPS) is 18.4. The van der Waals surface area contributed by atoms with Gasteiger partial charge in [-0.3, -0.25) is 9.69 Å². The van der Waals surface area contributed by atoms with Crippen molar-refractivity contribution < 1.29 is 14.6 Å². The van der Waals surface area contributed by atoms with Crippen LogP contribution in [0.1, 0.15) is 30.9 Å². The fourth-order valence-electron chi connectivity index (χ4n) is 3.56. The predicted molar refractivity (Wildman–Crippen MR) is 126 cm³/mol. The standard InChI is InChI=1S/C24H29NO3S2/c1-18(22(26)13-8-14-28-16-20-11-6-3-7-12-20)23(27)25-21(17-30-24(25)29)15-19-9-4-2-5-10-19/h2-7,9-12,18,21-22,26H,8,13-17H2,1H3/t18-,21+,22+/m1/s1. The molecule has 4 nitrogen and oxygen atoms in total. The summed E-state index contributed by atoms with van der Waals surface area (Å²) < 4.78 is 6.30. The van der Waals surface area contributed by atoms with Crippen molar-refractivity contribution in [1.82, 2.24) is 4.90 Å². The Morgan fingerprint density at radius 1 is 1.17 bits per heavy atom. The molecule has 6 heteroatoms. The third kappa shape index (κ3) is 6.38. The van der Waals surface area contributed by atoms with Crippen molar-refractivity contribution in [3.05, 3.63) is 71.8 Å². The maximum Gasteiger partial charge on any atom is 0.233 e. The van der Waals surface area contributed by atoms with Crippen LogP contribution in [0.25, 0.3) is 0 Å². The molecule has 0 radical (unpaired) electrons. The first-order chi connectivity index (χ1) is 14.6. The zero-order chi connectivity index (χ0) is 21.3. The van der Waals surface area contributed by atoms with E-state index in [9.17, 15) is 9.90 Å². The Hall–Kier alpha value is -1.73. The Morgan fingerprint density at radius 3 is 2.47 bits per heavy atom. The molecule has 1 fully saturated rings. The van der Waals surface area contributed by atoms with Gasteiger partial charge in [-0.25, -0.2) is 0 Å². The van der Waals surface area contributed by atoms with E-state index in [1.807, 2.05) is 48.5 Å². The molecule has 1 aliphatic rings. The van der Waals surface area contributed by atoms with Crippen LogP contribution in [0.2, 0.25) is 0 Å². The Balaban J connectivity index is 1.46. The molecular weight excluding hydrogens is 414 g/mol. The molecule has 2 aromatic rings. The lowest BCUT2D eigenvalue weighted by Crippen LogP contribution is -2.45. The van der Waals surface area contributed by atoms with Crippen LogP contribution in [-0.4, -0.2) is 44.7 Å². The lowest BCUT2D eigenvalue weighted by Gasteiger charge is -2.28. The number of benzene rings is 2. The van der Waals surface area contributed by atoms with Crippen molar-refractivity contribution in [2.75, 3.05) is 12.4 Å². The van der Waals surface area contributed by atoms with Crippen LogP contribution in [0.5, 0.6) is 0 Å². The summed E-state index contributed by atoms with van der Waals surface area (Å²) in [4.78, 5) is 14.8. The lowest BCUT2D eigenvalue weighted by molar-refractivity contribution is -0.135. The molecule has 1 saturated heterocycles. The third-order valence-corrected chi connectivity index (χ3v) is 6.92. The molecule has 0 spiro atoms. The minimum absolute atomic E-state index is 0.0428. The molecule has 0 aliphatic carbocycles. The number of nitrogens with zero attached hydrogens (tertiary/aromatic N) is 1. The number of thioether (sulfide) groups is 1. The summed E-state index contributed by atoms with van der Waals surface area (Å²) in [5.41, 5.74) is 2.32. The molecule has 0 aromatic heterocycles. The summed E-state index contributed by atoms with van der Waals surface area (Å²) in [5.74, 6) is 0.230. The van der Waals surface area contributed by atoms with E-state index in [4.69, 9.17) is 17.0 Å². The van der Waals surface area contributed by atoms with E-state index in [0.717, 1.165) is 17.7 Å². The highest BCUT2D eigenvalue weighted by Gasteiger charge is 2.37. The molecule has 0 saturated carbocycles. The van der Waals surface area contributed by atoms with Crippen molar-refractivity contribution in [1.29, 1.82) is 0 Å². The van der Waals surface area contributed by atoms with Crippen LogP contribution in [0.3, 0.4) is 0 Å². The molecule has 3 rings (SSSR count). The number of rotatable bonds is 10. The molecule has 0 bridgehead atoms. The van der Waals surface area contributed by atoms with Gasteiger partial charge in [0.15, 0.2) is 0 Å². The Kier molecular flexibility index (Phi) is 8.88. The van der Waals surface area contributed by atoms with Gasteiger partial charge < -0.3 is 9.84 Å². The number of aliphatic hydroxyl groups excluding tert-OH is 1. The number of carbonyl (C=O) groups excluding carboxylic acids is 1. The zero-order valence-electron chi connectivity index (χ0n) is 17.3. The maximum atomic E-state index is 13.1. The van der Waals surface area contributed by atoms with Gasteiger partial charge in [-0.1, -0.05) is 91.6 Å². The van der Waals surface area contributed by atoms with Crippen molar-refractivity contribution in [2.24, 2.45) is 5.92 Å². The largest absolute Gasteiger partial charge is 0.392 e. The monoisotopic (exact) mass is 443 g/mol. The van der Waals surface area contributed by atoms with Crippen LogP contribution in [-0.2, 0) is 22.6 Å². The Labute approximate surface area is 188 Å². The van der Waals surface area contributed by atoms with E-state index < -0.39 is 12.0 Å². The first kappa shape index (κ1) is 22.9. The highest BCUT2D eigenvalue weighted by molar-refractivity contribution is 8.23. The van der Waals surface area contributed by atoms with Crippen molar-refractivity contribution in [2.45, 2.75) is 44.9 Å². The maximum absolute atomic E-state index is 13.1. The number of ether oxygens (including phenoxy) is 1. The molecule has 0 unspecified atom stereocenters. The lowest BCUT2D eigenvalue weighted by atomic mass is 9.97. The van der Waals surface area contributed by atoms with Crippen molar-refractivity contribution in [3.8, 4) is 0 Å². The number of thiocarbonyl (C=S) groups is 1. The van der Waals surface area contributed by atoms with Crippen LogP contribution in [0, 0.1) is 5.92 Å². The van der Waals surface area contributed by atoms with E-state index in [0.29, 0.717) is 30.4 Å². The SMILES string of the molecule is C[C@@H](C(=O)N1C(=S)SC[C@@H]1Cc1ccccc1)[C@@H](O)CCCOCc1ccccc1. The van der Waals surface area contributed by atoms with E-state index in [1.54, 1.807) is 23.6 Å². The fourth-order valence-corrected chi connectivity index (χ4v) is 4.98. The van der Waals surface area contributed by atoms with Crippen LogP contribution >= 0.6 is 24.0 Å². The van der Waals surface area contributed by atoms with Gasteiger partial charge in [0.2, 0.25) is 5.91 Å². The minimum Gasteiger partial charge on any atom is -0.392 e. The molecule has 1 aliphatic heterocycles. The number of aliphatic hydroxyl groups is 1. The molecule has 1 heterocycles. The van der Waals surface area contributed by atoms with Gasteiger partial charge in [0.1, 0.15) is 4.32 Å². The van der Waals surface area contributed by atoms with Gasteiger partial charge in [0.25, 0.3) is 0 Å². The van der Waals surface area contributed by atoms with Crippen molar-refractivity contribution in [3.63, 3.8) is 0 Å². The predicted octanol–water partition coefficient (Wildman–Crippen LogP) is 4.45. The van der Waals surface area contributed by atoms with Crippen LogP contribution in [0.4, 0.5) is 0 Å². The molecule has 160 valence electrons. The number of amides is 1. The van der Waals surface area contributed by atoms with Crippen LogP contribution in [0.15, 0.2) is 60.7 Å². The quantitative estimate of drug-likeness (QED) is 0.434. The van der Waals surface area contributed by atoms with E-state index in [2.05, 4.69) is 12.1 Å². The summed E-state index contributed by atoms with van der Waals surface area (Å²) in [5, 5.41) is 10.6. The second kappa shape index (κ2) is 11.6. The first-order valence-electron chi connectivity index (χ1n) is 10.4. The smallest absolute Gasteiger partial charge is 0.233 e. The Bertz CT molecular complexity index is 816. The highest BCUT2D eigenvalue weighted by Crippen LogP contribution is 2.29. The fraction of sp³-hybridized carbons (Fsp3) is 0.417. The van der Waals surface area contributed by atoms with Gasteiger partial charge in [0, 0.05) is 12.4 Å². The minimum atomic E-state index is -0.705. The second-order valence-electron chi connectivity index (χ2n) is 7.67. The van der Waals surface area contributed by atoms with E-state index >= 15 is 0 Å². The molecule has 1 amide bonds. The van der Waals surface area contributed by atoms with E-state index in [-0.39, 0.29) is 11.9 Å². The van der Waals surface area contributed by atoms with E-state index in [1.165, 1.54) is 5.56 Å². The zero-order valence-corrected chi connectivity index (χ0v) is 18.9. The third-order valence-electron chi connectivity index (χ3n) is 5.38. The summed E-state index contributed by atoms with van der Waals surface area (Å²) in [6.45, 7) is 2.91. The summed E-state index contributed by atoms with van der Waals surface area (Å²) in [7, 11) is 0. The second-order valence-corrected chi connectivity index (χ2v) is 9.32. The molecule has 3 atom stereocenters. The summed E-state index contributed by atoms with van der Waals surface area (Å²) in [6.07, 6.45) is 1.30. The highest BCUT2D eigenvalue weighted by atomic mass is 32.2. The number of hydrogen-bond donors (Lipinski definition) is 1. The molecule has 30 heavy (non-hydrogen) atoms. The van der Waals surface area contributed by atoms with Crippen LogP contribution < -0.4 is 0 Å². The Morgan fingerprint density at radius 2 is 1.80 bits per heavy atom. The first-order valence-corrected chi connectivity index (χ1v) is 11.8. The number of hydrogen-bond acceptors (Lipinski definition) is 5. The van der Waals surface area contributed by atoms with Gasteiger partial charge in [-0.2, -0.15) is 0 Å².